The number of nitrogens with zero attached hydrogens (tertiary/aromatic N) is 6. The number of aliphatic hydroxyl groups excluding tert-OH is 1. The molecule has 3 aromatic heterocycles. The maximum atomic E-state index is 10.3. The predicted molar refractivity (Wildman–Crippen MR) is 87.5 cm³/mol. The van der Waals surface area contributed by atoms with Gasteiger partial charge in [0.05, 0.1) is 12.1 Å². The second-order valence-corrected chi connectivity index (χ2v) is 6.13. The molecule has 2 N–H and O–H groups in total. The van der Waals surface area contributed by atoms with Crippen LogP contribution < -0.4 is 5.32 Å². The Kier molecular flexibility index (Phi) is 3.96. The fourth-order valence-electron chi connectivity index (χ4n) is 3.22. The Labute approximate surface area is 139 Å². The van der Waals surface area contributed by atoms with Gasteiger partial charge in [-0.3, -0.25) is 9.25 Å². The summed E-state index contributed by atoms with van der Waals surface area (Å²) in [6.07, 6.45) is 10.2. The third-order valence-corrected chi connectivity index (χ3v) is 4.38. The van der Waals surface area contributed by atoms with Gasteiger partial charge >= 0.3 is 0 Å². The number of anilines is 1. The molecule has 24 heavy (non-hydrogen) atoms. The highest BCUT2D eigenvalue weighted by molar-refractivity contribution is 5.38. The fourth-order valence-corrected chi connectivity index (χ4v) is 3.22. The molecule has 3 atom stereocenters. The summed E-state index contributed by atoms with van der Waals surface area (Å²) in [7, 11) is 0. The summed E-state index contributed by atoms with van der Waals surface area (Å²) in [5.41, 5.74) is 0. The fraction of sp³-hybridized carbons (Fsp3) is 0.375. The average Bonchev–Trinajstić information content (AvgIpc) is 3.33. The average molecular weight is 325 g/mol. The van der Waals surface area contributed by atoms with E-state index >= 15 is 0 Å². The van der Waals surface area contributed by atoms with Crippen LogP contribution in [0.1, 0.15) is 12.8 Å². The van der Waals surface area contributed by atoms with Gasteiger partial charge in [-0.1, -0.05) is 0 Å². The van der Waals surface area contributed by atoms with Gasteiger partial charge in [-0.15, -0.1) is 10.2 Å². The molecule has 8 nitrogen and oxygen atoms in total. The van der Waals surface area contributed by atoms with Crippen molar-refractivity contribution in [2.75, 3.05) is 5.32 Å². The molecule has 0 radical (unpaired) electrons. The minimum absolute atomic E-state index is 0.0149. The molecule has 0 spiro atoms. The van der Waals surface area contributed by atoms with E-state index in [0.29, 0.717) is 17.6 Å². The molecule has 0 amide bonds. The third-order valence-electron chi connectivity index (χ3n) is 4.38. The van der Waals surface area contributed by atoms with E-state index in [9.17, 15) is 5.11 Å². The number of aliphatic hydroxyl groups is 1. The molecule has 0 aliphatic heterocycles. The van der Waals surface area contributed by atoms with E-state index in [4.69, 9.17) is 0 Å². The SMILES string of the molecule is O[C@@H]1CC(Cn2cccn2)C[C@H]1Nc1ccc(-n2ccnc2)nn1. The summed E-state index contributed by atoms with van der Waals surface area (Å²) < 4.78 is 3.71. The quantitative estimate of drug-likeness (QED) is 0.730. The zero-order valence-electron chi connectivity index (χ0n) is 13.1. The van der Waals surface area contributed by atoms with E-state index in [2.05, 4.69) is 25.6 Å². The van der Waals surface area contributed by atoms with Gasteiger partial charge < -0.3 is 10.4 Å². The van der Waals surface area contributed by atoms with E-state index in [1.807, 2.05) is 35.3 Å². The number of hydrogen-bond acceptors (Lipinski definition) is 6. The smallest absolute Gasteiger partial charge is 0.160 e. The van der Waals surface area contributed by atoms with Crippen LogP contribution in [0.2, 0.25) is 0 Å². The van der Waals surface area contributed by atoms with Gasteiger partial charge in [-0.25, -0.2) is 4.98 Å². The maximum Gasteiger partial charge on any atom is 0.160 e. The Hall–Kier alpha value is -2.74. The summed E-state index contributed by atoms with van der Waals surface area (Å²) in [6.45, 7) is 0.827. The van der Waals surface area contributed by atoms with Gasteiger partial charge in [-0.2, -0.15) is 5.10 Å². The predicted octanol–water partition coefficient (Wildman–Crippen LogP) is 1.11. The zero-order chi connectivity index (χ0) is 16.4. The molecule has 1 aliphatic rings. The number of nitrogens with one attached hydrogen (secondary N) is 1. The lowest BCUT2D eigenvalue weighted by Crippen LogP contribution is -2.28. The minimum atomic E-state index is -0.388. The highest BCUT2D eigenvalue weighted by Gasteiger charge is 2.33. The molecule has 0 bridgehead atoms. The Morgan fingerprint density at radius 1 is 1.17 bits per heavy atom. The topological polar surface area (TPSA) is 93.7 Å². The molecule has 4 rings (SSSR count). The van der Waals surface area contributed by atoms with Crippen molar-refractivity contribution in [3.8, 4) is 5.82 Å². The second-order valence-electron chi connectivity index (χ2n) is 6.13. The van der Waals surface area contributed by atoms with Crippen LogP contribution >= 0.6 is 0 Å². The molecule has 0 saturated heterocycles. The Morgan fingerprint density at radius 3 is 2.83 bits per heavy atom. The minimum Gasteiger partial charge on any atom is -0.391 e. The maximum absolute atomic E-state index is 10.3. The summed E-state index contributed by atoms with van der Waals surface area (Å²) >= 11 is 0. The number of aromatic nitrogens is 6. The van der Waals surface area contributed by atoms with E-state index in [1.54, 1.807) is 23.3 Å². The molecule has 124 valence electrons. The van der Waals surface area contributed by atoms with Gasteiger partial charge in [0.2, 0.25) is 0 Å². The van der Waals surface area contributed by atoms with Gasteiger partial charge in [0.1, 0.15) is 12.1 Å². The zero-order valence-corrected chi connectivity index (χ0v) is 13.1. The molecule has 1 fully saturated rings. The second kappa shape index (κ2) is 6.40. The van der Waals surface area contributed by atoms with Crippen molar-refractivity contribution < 1.29 is 5.11 Å². The van der Waals surface area contributed by atoms with Crippen LogP contribution in [-0.2, 0) is 6.54 Å². The van der Waals surface area contributed by atoms with Crippen molar-refractivity contribution in [3.05, 3.63) is 49.3 Å². The lowest BCUT2D eigenvalue weighted by Gasteiger charge is -2.16. The first-order valence-electron chi connectivity index (χ1n) is 8.02. The van der Waals surface area contributed by atoms with E-state index < -0.39 is 0 Å². The van der Waals surface area contributed by atoms with Crippen molar-refractivity contribution in [1.82, 2.24) is 29.5 Å². The van der Waals surface area contributed by atoms with E-state index in [-0.39, 0.29) is 12.1 Å². The van der Waals surface area contributed by atoms with Crippen LogP contribution in [-0.4, -0.2) is 46.8 Å². The van der Waals surface area contributed by atoms with Crippen molar-refractivity contribution in [1.29, 1.82) is 0 Å². The van der Waals surface area contributed by atoms with E-state index in [0.717, 1.165) is 19.4 Å². The summed E-state index contributed by atoms with van der Waals surface area (Å²) in [5, 5.41) is 26.2. The van der Waals surface area contributed by atoms with Crippen molar-refractivity contribution in [3.63, 3.8) is 0 Å². The van der Waals surface area contributed by atoms with Gasteiger partial charge in [0, 0.05) is 31.3 Å². The van der Waals surface area contributed by atoms with Crippen LogP contribution in [0.15, 0.2) is 49.3 Å². The van der Waals surface area contributed by atoms with Crippen molar-refractivity contribution >= 4 is 5.82 Å². The van der Waals surface area contributed by atoms with Crippen LogP contribution in [0.25, 0.3) is 5.82 Å². The lowest BCUT2D eigenvalue weighted by molar-refractivity contribution is 0.166. The first kappa shape index (κ1) is 14.8. The summed E-state index contributed by atoms with van der Waals surface area (Å²) in [4.78, 5) is 3.99. The van der Waals surface area contributed by atoms with Gasteiger partial charge in [0.25, 0.3) is 0 Å². The molecular formula is C16H19N7O. The van der Waals surface area contributed by atoms with Gasteiger partial charge in [0.15, 0.2) is 5.82 Å². The monoisotopic (exact) mass is 325 g/mol. The van der Waals surface area contributed by atoms with Crippen molar-refractivity contribution in [2.24, 2.45) is 5.92 Å². The number of hydrogen-bond donors (Lipinski definition) is 2. The summed E-state index contributed by atoms with van der Waals surface area (Å²) in [5.74, 6) is 1.78. The molecular weight excluding hydrogens is 306 g/mol. The normalized spacial score (nSPS) is 23.5. The van der Waals surface area contributed by atoms with E-state index in [1.165, 1.54) is 0 Å². The highest BCUT2D eigenvalue weighted by atomic mass is 16.3. The van der Waals surface area contributed by atoms with Crippen LogP contribution in [0.4, 0.5) is 5.82 Å². The Morgan fingerprint density at radius 2 is 2.12 bits per heavy atom. The van der Waals surface area contributed by atoms with Crippen LogP contribution in [0.3, 0.4) is 0 Å². The molecule has 3 aromatic rings. The van der Waals surface area contributed by atoms with Crippen LogP contribution in [0.5, 0.6) is 0 Å². The number of rotatable bonds is 5. The molecule has 3 heterocycles. The molecule has 1 unspecified atom stereocenters. The number of imidazole rings is 1. The highest BCUT2D eigenvalue weighted by Crippen LogP contribution is 2.29. The lowest BCUT2D eigenvalue weighted by atomic mass is 10.1. The third kappa shape index (κ3) is 3.13. The van der Waals surface area contributed by atoms with Crippen LogP contribution in [0, 0.1) is 5.92 Å². The van der Waals surface area contributed by atoms with Crippen molar-refractivity contribution in [2.45, 2.75) is 31.5 Å². The Bertz CT molecular complexity index is 754. The summed E-state index contributed by atoms with van der Waals surface area (Å²) in [6, 6.07) is 5.65. The molecule has 1 saturated carbocycles. The Balaban J connectivity index is 1.38. The molecule has 1 aliphatic carbocycles. The first-order chi connectivity index (χ1) is 11.8. The molecule has 8 heteroatoms. The largest absolute Gasteiger partial charge is 0.391 e. The first-order valence-corrected chi connectivity index (χ1v) is 8.02. The molecule has 0 aromatic carbocycles. The standard InChI is InChI=1S/C16H19N7O/c24-14-9-12(10-23-6-1-4-18-23)8-13(14)19-15-2-3-16(21-20-15)22-7-5-17-11-22/h1-7,11-14,24H,8-10H2,(H,19,20)/t12?,13-,14-/m1/s1. The van der Waals surface area contributed by atoms with Gasteiger partial charge in [-0.05, 0) is 37.0 Å².